The summed E-state index contributed by atoms with van der Waals surface area (Å²) >= 11 is -2.18. The number of thioether (sulfide) groups is 1. The summed E-state index contributed by atoms with van der Waals surface area (Å²) in [4.78, 5) is 24.4. The van der Waals surface area contributed by atoms with Crippen LogP contribution in [0.5, 0.6) is 0 Å². The Morgan fingerprint density at radius 3 is 2.10 bits per heavy atom. The Labute approximate surface area is 295 Å². The molecule has 2 aliphatic rings. The molecule has 2 saturated heterocycles. The molecule has 15 heteroatoms. The van der Waals surface area contributed by atoms with Crippen molar-refractivity contribution in [3.63, 3.8) is 0 Å². The molecule has 49 heavy (non-hydrogen) atoms. The van der Waals surface area contributed by atoms with Gasteiger partial charge in [0.15, 0.2) is 0 Å². The van der Waals surface area contributed by atoms with Gasteiger partial charge in [-0.15, -0.1) is 0 Å². The van der Waals surface area contributed by atoms with Crippen molar-refractivity contribution in [1.29, 1.82) is 0 Å². The van der Waals surface area contributed by atoms with E-state index in [1.54, 1.807) is 17.8 Å². The fourth-order valence-corrected chi connectivity index (χ4v) is 25.6. The maximum atomic E-state index is 15.1. The molecule has 1 aromatic rings. The number of rotatable bonds is 21. The summed E-state index contributed by atoms with van der Waals surface area (Å²) in [5, 5.41) is 8.79. The van der Waals surface area contributed by atoms with Crippen molar-refractivity contribution < 1.29 is 45.4 Å². The van der Waals surface area contributed by atoms with Crippen LogP contribution < -0.4 is 19.5 Å². The van der Waals surface area contributed by atoms with Gasteiger partial charge in [0.05, 0.1) is 12.1 Å². The third-order valence-electron chi connectivity index (χ3n) is 9.82. The van der Waals surface area contributed by atoms with E-state index in [4.69, 9.17) is 4.74 Å². The van der Waals surface area contributed by atoms with Crippen molar-refractivity contribution in [2.24, 2.45) is 0 Å². The number of amides is 3. The van der Waals surface area contributed by atoms with Crippen molar-refractivity contribution in [2.45, 2.75) is 140 Å². The van der Waals surface area contributed by atoms with E-state index in [1.165, 1.54) is 6.07 Å². The van der Waals surface area contributed by atoms with Gasteiger partial charge in [-0.05, 0) is 0 Å². The van der Waals surface area contributed by atoms with Gasteiger partial charge in [0.1, 0.15) is 0 Å². The first-order chi connectivity index (χ1) is 23.2. The number of hydrogen-bond donors (Lipinski definition) is 3. The van der Waals surface area contributed by atoms with E-state index in [-0.39, 0.29) is 51.4 Å². The van der Waals surface area contributed by atoms with Crippen LogP contribution >= 0.6 is 11.8 Å². The van der Waals surface area contributed by atoms with E-state index in [9.17, 15) is 9.59 Å². The monoisotopic (exact) mass is 833 g/mol. The molecule has 3 amide bonds. The third-order valence-corrected chi connectivity index (χ3v) is 27.1. The first-order valence-electron chi connectivity index (χ1n) is 17.5. The standard InChI is InChI=1S/C22H26F6N3O4S.3C4H9.Sn/c1-34-12-35-20(21(23,24)25,22(26,27)28)14-6-4-5-13(9-14)10-29-17(32)8-3-2-7-16-18-15(11-36-16)30-19(33)31-18;3*1-3-4-2;/h4-5,9,15-16,18H,2-3,7-8,10-12H2,1H3,(H,29,32)(H2,30,31,33);3*1,3-4H2,2H3;/t15-,16-,18-;;;;/m0..../s1. The van der Waals surface area contributed by atoms with Crippen molar-refractivity contribution >= 4 is 45.7 Å². The van der Waals surface area contributed by atoms with Crippen LogP contribution in [0.25, 0.3) is 0 Å². The van der Waals surface area contributed by atoms with Gasteiger partial charge in [0, 0.05) is 5.75 Å². The van der Waals surface area contributed by atoms with Gasteiger partial charge in [-0.3, -0.25) is 0 Å². The molecule has 1 aromatic carbocycles. The number of nitrogens with one attached hydrogen (secondary N) is 3. The first-order valence-corrected chi connectivity index (χ1v) is 26.1. The number of alkyl halides is 6. The molecule has 2 heterocycles. The Balaban J connectivity index is 1.93. The van der Waals surface area contributed by atoms with E-state index in [0.29, 0.717) is 19.7 Å². The molecule has 2 aliphatic heterocycles. The Kier molecular flexibility index (Phi) is 16.2. The number of ether oxygens (including phenoxy) is 2. The maximum absolute atomic E-state index is 15.1. The van der Waals surface area contributed by atoms with Crippen molar-refractivity contribution in [3.05, 3.63) is 29.3 Å². The van der Waals surface area contributed by atoms with Crippen molar-refractivity contribution in [3.8, 4) is 0 Å². The van der Waals surface area contributed by atoms with E-state index in [0.717, 1.165) is 70.3 Å². The quantitative estimate of drug-likeness (QED) is 0.0384. The van der Waals surface area contributed by atoms with Crippen LogP contribution in [-0.2, 0) is 26.4 Å². The Morgan fingerprint density at radius 2 is 1.55 bits per heavy atom. The number of carbonyl (C=O) groups is 2. The van der Waals surface area contributed by atoms with Gasteiger partial charge in [0.2, 0.25) is 0 Å². The summed E-state index contributed by atoms with van der Waals surface area (Å²) in [6.45, 7) is 4.52. The van der Waals surface area contributed by atoms with Crippen LogP contribution in [0.15, 0.2) is 18.2 Å². The van der Waals surface area contributed by atoms with Gasteiger partial charge < -0.3 is 10.6 Å². The average Bonchev–Trinajstić information content (AvgIpc) is 3.60. The summed E-state index contributed by atoms with van der Waals surface area (Å²) in [6, 6.07) is 4.07. The molecule has 0 aliphatic carbocycles. The van der Waals surface area contributed by atoms with Crippen molar-refractivity contribution in [2.75, 3.05) is 19.7 Å². The second kappa shape index (κ2) is 18.9. The number of urea groups is 1. The molecule has 3 rings (SSSR count). The summed E-state index contributed by atoms with van der Waals surface area (Å²) in [7, 11) is 0.991. The molecular weight excluding hydrogens is 779 g/mol. The normalized spacial score (nSPS) is 19.9. The molecule has 280 valence electrons. The second-order valence-electron chi connectivity index (χ2n) is 13.3. The summed E-state index contributed by atoms with van der Waals surface area (Å²) in [5.74, 6) is 0.491. The van der Waals surface area contributed by atoms with Crippen LogP contribution in [0.4, 0.5) is 31.1 Å². The number of fused-ring (bicyclic) bond motifs is 1. The van der Waals surface area contributed by atoms with Crippen molar-refractivity contribution in [1.82, 2.24) is 16.0 Å². The zero-order valence-corrected chi connectivity index (χ0v) is 32.8. The molecule has 3 N–H and O–H groups in total. The van der Waals surface area contributed by atoms with E-state index in [2.05, 4.69) is 20.7 Å². The van der Waals surface area contributed by atoms with Gasteiger partial charge >= 0.3 is 251 Å². The minimum absolute atomic E-state index is 0.0613. The number of hydrogen-bond acceptors (Lipinski definition) is 5. The summed E-state index contributed by atoms with van der Waals surface area (Å²) < 4.78 is 102. The summed E-state index contributed by atoms with van der Waals surface area (Å²) in [5.41, 5.74) is -5.34. The zero-order chi connectivity index (χ0) is 36.3. The molecule has 0 bridgehead atoms. The number of methoxy groups -OCH3 is 1. The molecule has 7 nitrogen and oxygen atoms in total. The average molecular weight is 833 g/mol. The molecule has 2 fully saturated rings. The van der Waals surface area contributed by atoms with E-state index < -0.39 is 48.7 Å². The Morgan fingerprint density at radius 1 is 0.939 bits per heavy atom. The van der Waals surface area contributed by atoms with E-state index in [1.807, 2.05) is 20.8 Å². The zero-order valence-electron chi connectivity index (χ0n) is 29.1. The third kappa shape index (κ3) is 10.4. The predicted octanol–water partition coefficient (Wildman–Crippen LogP) is 8.03. The van der Waals surface area contributed by atoms with Crippen LogP contribution in [0, 0.1) is 0 Å². The van der Waals surface area contributed by atoms with Gasteiger partial charge in [-0.25, -0.2) is 4.79 Å². The second-order valence-corrected chi connectivity index (χ2v) is 27.7. The van der Waals surface area contributed by atoms with Gasteiger partial charge in [-0.2, -0.15) is 11.8 Å². The number of unbranched alkanes of at least 4 members (excludes halogenated alkanes) is 4. The fraction of sp³-hybridized carbons (Fsp3) is 0.765. The summed E-state index contributed by atoms with van der Waals surface area (Å²) in [6.07, 6.45) is -4.85. The number of carbonyl (C=O) groups excluding carboxylic acids is 2. The molecule has 0 radical (unpaired) electrons. The number of benzene rings is 1. The van der Waals surface area contributed by atoms with Gasteiger partial charge in [-0.1, -0.05) is 0 Å². The Bertz CT molecular complexity index is 1190. The number of halogens is 6. The van der Waals surface area contributed by atoms with E-state index >= 15 is 26.3 Å². The molecule has 0 spiro atoms. The predicted molar refractivity (Wildman–Crippen MR) is 184 cm³/mol. The first kappa shape index (κ1) is 42.0. The van der Waals surface area contributed by atoms with Crippen LogP contribution in [0.1, 0.15) is 96.1 Å². The molecule has 0 unspecified atom stereocenters. The van der Waals surface area contributed by atoms with Crippen LogP contribution in [0.2, 0.25) is 13.3 Å². The molecule has 0 aromatic heterocycles. The fourth-order valence-electron chi connectivity index (χ4n) is 7.20. The molecule has 0 saturated carbocycles. The molecule has 3 atom stereocenters. The van der Waals surface area contributed by atoms with Gasteiger partial charge in [0.25, 0.3) is 0 Å². The Hall–Kier alpha value is -1.39. The minimum atomic E-state index is -5.84. The molecular formula is C34H53F6N3O4SSn. The van der Waals surface area contributed by atoms with Crippen LogP contribution in [0.3, 0.4) is 0 Å². The van der Waals surface area contributed by atoms with Crippen LogP contribution in [-0.4, -0.2) is 79.7 Å². The topological polar surface area (TPSA) is 88.7 Å². The SMILES string of the molecule is CCC[CH2][Sn]([CH2]CCC)([CH2]CCC)[c]1ccc(CNC(=O)CCCC[C@@H]2SC[C@@H]3NC(=O)N[C@@H]32)cc1C(OCOC)(C(F)(F)F)C(F)(F)F.